The normalized spacial score (nSPS) is 17.4. The standard InChI is InChI=1S/C27H34N4O4/c1-3-12-30-14-16-31(17-15-30)13-6-11-28-26(32)21-9-10-24-22(18-21)29-27(33)25(35-24)19-20-7-4-5-8-23(20)34-2/h4-5,7-10,18-19H,3,6,11-17H2,1-2H3,(H,28,32)(H,29,33). The summed E-state index contributed by atoms with van der Waals surface area (Å²) in [6.45, 7) is 9.41. The second kappa shape index (κ2) is 11.9. The molecule has 0 bridgehead atoms. The van der Waals surface area contributed by atoms with E-state index in [2.05, 4.69) is 27.4 Å². The molecule has 35 heavy (non-hydrogen) atoms. The first-order valence-corrected chi connectivity index (χ1v) is 12.3. The maximum atomic E-state index is 12.6. The van der Waals surface area contributed by atoms with Crippen LogP contribution in [-0.2, 0) is 4.79 Å². The summed E-state index contributed by atoms with van der Waals surface area (Å²) in [5.41, 5.74) is 1.70. The first-order chi connectivity index (χ1) is 17.1. The Hall–Kier alpha value is -3.36. The SMILES string of the molecule is CCCN1CCN(CCCNC(=O)c2ccc3c(c2)NC(=O)C(=Cc2ccccc2OC)O3)CC1. The molecule has 1 saturated heterocycles. The zero-order valence-electron chi connectivity index (χ0n) is 20.5. The van der Waals surface area contributed by atoms with Gasteiger partial charge in [-0.25, -0.2) is 0 Å². The number of nitrogens with zero attached hydrogens (tertiary/aromatic N) is 2. The molecule has 0 radical (unpaired) electrons. The Morgan fingerprint density at radius 1 is 1.11 bits per heavy atom. The number of hydrogen-bond acceptors (Lipinski definition) is 6. The average Bonchev–Trinajstić information content (AvgIpc) is 2.88. The summed E-state index contributed by atoms with van der Waals surface area (Å²) >= 11 is 0. The fraction of sp³-hybridized carbons (Fsp3) is 0.407. The topological polar surface area (TPSA) is 83.1 Å². The molecular formula is C27H34N4O4. The minimum absolute atomic E-state index is 0.162. The molecule has 0 saturated carbocycles. The Morgan fingerprint density at radius 2 is 1.86 bits per heavy atom. The van der Waals surface area contributed by atoms with Crippen LogP contribution in [0.1, 0.15) is 35.7 Å². The van der Waals surface area contributed by atoms with Gasteiger partial charge in [0.05, 0.1) is 12.8 Å². The molecule has 2 aromatic carbocycles. The summed E-state index contributed by atoms with van der Waals surface area (Å²) in [5.74, 6) is 0.761. The van der Waals surface area contributed by atoms with Crippen molar-refractivity contribution >= 4 is 23.6 Å². The van der Waals surface area contributed by atoms with E-state index in [1.807, 2.05) is 24.3 Å². The van der Waals surface area contributed by atoms with Crippen molar-refractivity contribution in [2.24, 2.45) is 0 Å². The van der Waals surface area contributed by atoms with Crippen LogP contribution < -0.4 is 20.1 Å². The van der Waals surface area contributed by atoms with Crippen molar-refractivity contribution in [1.29, 1.82) is 0 Å². The minimum atomic E-state index is -0.375. The molecule has 0 aliphatic carbocycles. The number of amides is 2. The highest BCUT2D eigenvalue weighted by molar-refractivity contribution is 6.09. The number of nitrogens with one attached hydrogen (secondary N) is 2. The Labute approximate surface area is 206 Å². The lowest BCUT2D eigenvalue weighted by Gasteiger charge is -2.34. The summed E-state index contributed by atoms with van der Waals surface area (Å²) in [5, 5.41) is 5.81. The number of benzene rings is 2. The Morgan fingerprint density at radius 3 is 2.60 bits per heavy atom. The van der Waals surface area contributed by atoms with Gasteiger partial charge >= 0.3 is 0 Å². The van der Waals surface area contributed by atoms with Gasteiger partial charge in [0.25, 0.3) is 11.8 Å². The third-order valence-electron chi connectivity index (χ3n) is 6.30. The summed E-state index contributed by atoms with van der Waals surface area (Å²) < 4.78 is 11.2. The number of carbonyl (C=O) groups excluding carboxylic acids is 2. The summed E-state index contributed by atoms with van der Waals surface area (Å²) in [6, 6.07) is 12.4. The molecule has 8 nitrogen and oxygen atoms in total. The van der Waals surface area contributed by atoms with Crippen molar-refractivity contribution in [3.05, 3.63) is 59.4 Å². The van der Waals surface area contributed by atoms with Crippen LogP contribution in [0.15, 0.2) is 48.2 Å². The van der Waals surface area contributed by atoms with Gasteiger partial charge < -0.3 is 29.9 Å². The van der Waals surface area contributed by atoms with Gasteiger partial charge in [-0.05, 0) is 56.3 Å². The van der Waals surface area contributed by atoms with E-state index in [1.165, 1.54) is 13.0 Å². The zero-order chi connectivity index (χ0) is 24.6. The lowest BCUT2D eigenvalue weighted by molar-refractivity contribution is -0.115. The molecule has 8 heteroatoms. The van der Waals surface area contributed by atoms with E-state index in [0.29, 0.717) is 29.3 Å². The van der Waals surface area contributed by atoms with Gasteiger partial charge in [0.1, 0.15) is 5.75 Å². The van der Waals surface area contributed by atoms with Crippen LogP contribution in [0.2, 0.25) is 0 Å². The van der Waals surface area contributed by atoms with Crippen LogP contribution in [0.5, 0.6) is 11.5 Å². The number of hydrogen-bond donors (Lipinski definition) is 2. The highest BCUT2D eigenvalue weighted by Crippen LogP contribution is 2.33. The van der Waals surface area contributed by atoms with E-state index in [4.69, 9.17) is 9.47 Å². The lowest BCUT2D eigenvalue weighted by Crippen LogP contribution is -2.47. The monoisotopic (exact) mass is 478 g/mol. The Balaban J connectivity index is 1.29. The van der Waals surface area contributed by atoms with Crippen LogP contribution in [0.3, 0.4) is 0 Å². The quantitative estimate of drug-likeness (QED) is 0.425. The molecular weight excluding hydrogens is 444 g/mol. The number of ether oxygens (including phenoxy) is 2. The maximum Gasteiger partial charge on any atom is 0.291 e. The molecule has 186 valence electrons. The third-order valence-corrected chi connectivity index (χ3v) is 6.30. The van der Waals surface area contributed by atoms with E-state index in [1.54, 1.807) is 31.4 Å². The molecule has 4 rings (SSSR count). The van der Waals surface area contributed by atoms with Crippen molar-refractivity contribution in [2.75, 3.05) is 58.2 Å². The fourth-order valence-corrected chi connectivity index (χ4v) is 4.39. The zero-order valence-corrected chi connectivity index (χ0v) is 20.5. The van der Waals surface area contributed by atoms with E-state index in [-0.39, 0.29) is 17.6 Å². The fourth-order valence-electron chi connectivity index (χ4n) is 4.39. The molecule has 2 amide bonds. The van der Waals surface area contributed by atoms with E-state index in [0.717, 1.165) is 44.7 Å². The van der Waals surface area contributed by atoms with Crippen molar-refractivity contribution in [3.8, 4) is 11.5 Å². The first kappa shape index (κ1) is 24.8. The summed E-state index contributed by atoms with van der Waals surface area (Å²) in [4.78, 5) is 30.2. The van der Waals surface area contributed by atoms with Gasteiger partial charge in [0, 0.05) is 43.9 Å². The van der Waals surface area contributed by atoms with Gasteiger partial charge in [-0.1, -0.05) is 25.1 Å². The molecule has 1 fully saturated rings. The van der Waals surface area contributed by atoms with Crippen molar-refractivity contribution in [2.45, 2.75) is 19.8 Å². The van der Waals surface area contributed by atoms with E-state index >= 15 is 0 Å². The van der Waals surface area contributed by atoms with Gasteiger partial charge in [-0.2, -0.15) is 0 Å². The first-order valence-electron chi connectivity index (χ1n) is 12.3. The Bertz CT molecular complexity index is 1080. The third kappa shape index (κ3) is 6.41. The van der Waals surface area contributed by atoms with Crippen LogP contribution in [0, 0.1) is 0 Å². The van der Waals surface area contributed by atoms with Crippen molar-refractivity contribution < 1.29 is 19.1 Å². The molecule has 0 spiro atoms. The molecule has 0 unspecified atom stereocenters. The van der Waals surface area contributed by atoms with Gasteiger partial charge in [-0.3, -0.25) is 9.59 Å². The van der Waals surface area contributed by atoms with Crippen LogP contribution >= 0.6 is 0 Å². The number of rotatable bonds is 9. The highest BCUT2D eigenvalue weighted by Gasteiger charge is 2.24. The van der Waals surface area contributed by atoms with E-state index in [9.17, 15) is 9.59 Å². The molecule has 2 N–H and O–H groups in total. The molecule has 2 aromatic rings. The van der Waals surface area contributed by atoms with Gasteiger partial charge in [0.15, 0.2) is 11.5 Å². The molecule has 2 aliphatic heterocycles. The summed E-state index contributed by atoms with van der Waals surface area (Å²) in [6.07, 6.45) is 3.74. The van der Waals surface area contributed by atoms with Crippen molar-refractivity contribution in [3.63, 3.8) is 0 Å². The van der Waals surface area contributed by atoms with Gasteiger partial charge in [0.2, 0.25) is 0 Å². The van der Waals surface area contributed by atoms with Gasteiger partial charge in [-0.15, -0.1) is 0 Å². The maximum absolute atomic E-state index is 12.6. The molecule has 0 atom stereocenters. The van der Waals surface area contributed by atoms with Crippen LogP contribution in [0.25, 0.3) is 6.08 Å². The smallest absolute Gasteiger partial charge is 0.291 e. The predicted octanol–water partition coefficient (Wildman–Crippen LogP) is 3.21. The second-order valence-corrected chi connectivity index (χ2v) is 8.81. The van der Waals surface area contributed by atoms with Crippen LogP contribution in [-0.4, -0.2) is 74.5 Å². The molecule has 2 heterocycles. The lowest BCUT2D eigenvalue weighted by atomic mass is 10.1. The molecule has 2 aliphatic rings. The van der Waals surface area contributed by atoms with Crippen LogP contribution in [0.4, 0.5) is 5.69 Å². The molecule has 0 aromatic heterocycles. The number of fused-ring (bicyclic) bond motifs is 1. The number of methoxy groups -OCH3 is 1. The predicted molar refractivity (Wildman–Crippen MR) is 137 cm³/mol. The average molecular weight is 479 g/mol. The number of carbonyl (C=O) groups is 2. The number of para-hydroxylation sites is 1. The highest BCUT2D eigenvalue weighted by atomic mass is 16.5. The number of anilines is 1. The Kier molecular flexibility index (Phi) is 8.39. The second-order valence-electron chi connectivity index (χ2n) is 8.81. The number of piperazine rings is 1. The summed E-state index contributed by atoms with van der Waals surface area (Å²) in [7, 11) is 1.58. The minimum Gasteiger partial charge on any atom is -0.496 e. The van der Waals surface area contributed by atoms with E-state index < -0.39 is 0 Å². The van der Waals surface area contributed by atoms with Crippen molar-refractivity contribution in [1.82, 2.24) is 15.1 Å². The largest absolute Gasteiger partial charge is 0.496 e.